The number of carbonyl (C=O) groups excluding carboxylic acids is 1. The predicted molar refractivity (Wildman–Crippen MR) is 221 cm³/mol. The molecule has 0 aliphatic heterocycles. The van der Waals surface area contributed by atoms with Crippen LogP contribution in [0.4, 0.5) is 18.9 Å². The molecule has 1 aliphatic rings. The zero-order valence-corrected chi connectivity index (χ0v) is 34.4. The van der Waals surface area contributed by atoms with E-state index in [-0.39, 0.29) is 45.9 Å². The standard InChI is InChI=1S/C42H40ClF3N6O8S/c1-3-59-40-39(55)51(41(56)50(40)24-25-12-6-4-7-13-25)35(36-48-31-20-18-27(43)22-30(31)38(54)52(36)42(44,45)46)37(53)49-32-23-28(61(57,58)47-2)19-21-34(32)60-33-17-11-10-16-29(33)26-14-8-5-9-15-26/h4,6-7,10-13,16-23,26,35,47,55H,3,5,8-9,14-15,24H2,1-2H3,(H,49,53). The molecule has 0 spiro atoms. The summed E-state index contributed by atoms with van der Waals surface area (Å²) in [5, 5.41) is 13.6. The van der Waals surface area contributed by atoms with Crippen LogP contribution in [0, 0.1) is 0 Å². The summed E-state index contributed by atoms with van der Waals surface area (Å²) in [6.07, 6.45) is -0.685. The number of fused-ring (bicyclic) bond motifs is 1. The number of imidazole rings is 1. The molecule has 1 saturated carbocycles. The maximum atomic E-state index is 15.2. The molecule has 7 rings (SSSR count). The van der Waals surface area contributed by atoms with E-state index < -0.39 is 67.1 Å². The number of aromatic hydroxyl groups is 1. The number of amides is 1. The number of nitrogens with one attached hydrogen (secondary N) is 2. The summed E-state index contributed by atoms with van der Waals surface area (Å²) in [6.45, 7) is 1.15. The van der Waals surface area contributed by atoms with Gasteiger partial charge in [0.05, 0.1) is 34.6 Å². The molecule has 61 heavy (non-hydrogen) atoms. The van der Waals surface area contributed by atoms with Crippen molar-refractivity contribution in [2.24, 2.45) is 0 Å². The zero-order chi connectivity index (χ0) is 43.6. The van der Waals surface area contributed by atoms with Crippen LogP contribution in [-0.2, 0) is 27.7 Å². The molecular formula is C42H40ClF3N6O8S. The fraction of sp³-hybridized carbons (Fsp3) is 0.286. The molecular weight excluding hydrogens is 841 g/mol. The molecule has 1 amide bonds. The first-order valence-corrected chi connectivity index (χ1v) is 21.1. The summed E-state index contributed by atoms with van der Waals surface area (Å²) in [5.41, 5.74) is -2.19. The van der Waals surface area contributed by atoms with Gasteiger partial charge in [0.15, 0.2) is 17.6 Å². The Hall–Kier alpha value is -6.11. The van der Waals surface area contributed by atoms with Crippen LogP contribution < -0.4 is 30.8 Å². The molecule has 320 valence electrons. The van der Waals surface area contributed by atoms with Gasteiger partial charge in [-0.2, -0.15) is 0 Å². The fourth-order valence-corrected chi connectivity index (χ4v) is 8.45. The summed E-state index contributed by atoms with van der Waals surface area (Å²) >= 11 is 6.06. The minimum atomic E-state index is -5.55. The Balaban J connectivity index is 1.46. The van der Waals surface area contributed by atoms with Crippen molar-refractivity contribution in [3.63, 3.8) is 0 Å². The van der Waals surface area contributed by atoms with E-state index in [9.17, 15) is 27.9 Å². The van der Waals surface area contributed by atoms with Crippen molar-refractivity contribution in [1.82, 2.24) is 23.4 Å². The first-order valence-electron chi connectivity index (χ1n) is 19.3. The highest BCUT2D eigenvalue weighted by Crippen LogP contribution is 2.42. The van der Waals surface area contributed by atoms with Crippen molar-refractivity contribution in [3.05, 3.63) is 134 Å². The molecule has 2 aromatic heterocycles. The summed E-state index contributed by atoms with van der Waals surface area (Å²) in [4.78, 5) is 47.1. The zero-order valence-electron chi connectivity index (χ0n) is 32.8. The van der Waals surface area contributed by atoms with Crippen LogP contribution >= 0.6 is 11.6 Å². The normalized spacial score (nSPS) is 14.2. The lowest BCUT2D eigenvalue weighted by Gasteiger charge is -2.25. The van der Waals surface area contributed by atoms with Crippen LogP contribution in [0.15, 0.2) is 105 Å². The number of halogens is 4. The smallest absolute Gasteiger partial charge is 0.491 e. The second-order valence-corrected chi connectivity index (χ2v) is 16.6. The van der Waals surface area contributed by atoms with Gasteiger partial charge in [-0.1, -0.05) is 79.4 Å². The topological polar surface area (TPSA) is 176 Å². The lowest BCUT2D eigenvalue weighted by Crippen LogP contribution is -2.42. The predicted octanol–water partition coefficient (Wildman–Crippen LogP) is 7.62. The van der Waals surface area contributed by atoms with Gasteiger partial charge in [-0.05, 0) is 86.3 Å². The van der Waals surface area contributed by atoms with Crippen molar-refractivity contribution < 1.29 is 41.0 Å². The molecule has 3 N–H and O–H groups in total. The lowest BCUT2D eigenvalue weighted by molar-refractivity contribution is -0.208. The second kappa shape index (κ2) is 17.5. The van der Waals surface area contributed by atoms with E-state index in [1.807, 2.05) is 12.1 Å². The Morgan fingerprint density at radius 2 is 1.67 bits per heavy atom. The number of hydrogen-bond donors (Lipinski definition) is 3. The highest BCUT2D eigenvalue weighted by atomic mass is 35.5. The summed E-state index contributed by atoms with van der Waals surface area (Å²) in [7, 11) is -3.04. The Bertz CT molecular complexity index is 2840. The fourth-order valence-electron chi connectivity index (χ4n) is 7.53. The molecule has 6 aromatic rings. The maximum Gasteiger partial charge on any atom is 0.492 e. The molecule has 2 heterocycles. The van der Waals surface area contributed by atoms with Gasteiger partial charge in [0.2, 0.25) is 10.0 Å². The number of hydrogen-bond acceptors (Lipinski definition) is 9. The van der Waals surface area contributed by atoms with Gasteiger partial charge in [-0.15, -0.1) is 13.2 Å². The largest absolute Gasteiger partial charge is 0.492 e. The van der Waals surface area contributed by atoms with Crippen molar-refractivity contribution in [3.8, 4) is 23.3 Å². The minimum absolute atomic E-state index is 0.0793. The van der Waals surface area contributed by atoms with Crippen LogP contribution in [0.1, 0.15) is 67.9 Å². The van der Waals surface area contributed by atoms with Crippen LogP contribution in [0.5, 0.6) is 23.3 Å². The van der Waals surface area contributed by atoms with Crippen LogP contribution in [-0.4, -0.2) is 51.8 Å². The van der Waals surface area contributed by atoms with Crippen molar-refractivity contribution >= 4 is 44.1 Å². The molecule has 1 unspecified atom stereocenters. The first-order chi connectivity index (χ1) is 29.1. The van der Waals surface area contributed by atoms with E-state index in [0.29, 0.717) is 15.9 Å². The molecule has 4 aromatic carbocycles. The Morgan fingerprint density at radius 3 is 2.36 bits per heavy atom. The second-order valence-electron chi connectivity index (χ2n) is 14.3. The summed E-state index contributed by atoms with van der Waals surface area (Å²) in [5.74, 6) is -3.93. The number of para-hydroxylation sites is 1. The van der Waals surface area contributed by atoms with Gasteiger partial charge in [-0.3, -0.25) is 14.2 Å². The van der Waals surface area contributed by atoms with Crippen molar-refractivity contribution in [2.75, 3.05) is 19.0 Å². The third kappa shape index (κ3) is 8.73. The molecule has 1 atom stereocenters. The lowest BCUT2D eigenvalue weighted by atomic mass is 9.84. The van der Waals surface area contributed by atoms with Gasteiger partial charge >= 0.3 is 12.0 Å². The molecule has 0 radical (unpaired) electrons. The number of nitrogens with zero attached hydrogens (tertiary/aromatic N) is 4. The molecule has 14 nitrogen and oxygen atoms in total. The Labute approximate surface area is 352 Å². The number of aromatic nitrogens is 4. The molecule has 19 heteroatoms. The Morgan fingerprint density at radius 1 is 0.967 bits per heavy atom. The van der Waals surface area contributed by atoms with E-state index in [4.69, 9.17) is 21.1 Å². The summed E-state index contributed by atoms with van der Waals surface area (Å²) < 4.78 is 86.5. The Kier molecular flexibility index (Phi) is 12.3. The van der Waals surface area contributed by atoms with Gasteiger partial charge in [-0.25, -0.2) is 32.1 Å². The summed E-state index contributed by atoms with van der Waals surface area (Å²) in [6, 6.07) is 19.9. The number of rotatable bonds is 13. The van der Waals surface area contributed by atoms with Gasteiger partial charge in [0.1, 0.15) is 5.75 Å². The van der Waals surface area contributed by atoms with E-state index in [0.717, 1.165) is 67.5 Å². The van der Waals surface area contributed by atoms with E-state index in [1.165, 1.54) is 25.1 Å². The number of carbonyl (C=O) groups is 1. The van der Waals surface area contributed by atoms with Gasteiger partial charge in [0.25, 0.3) is 23.2 Å². The molecule has 1 fully saturated rings. The maximum absolute atomic E-state index is 15.2. The molecule has 1 aliphatic carbocycles. The van der Waals surface area contributed by atoms with Gasteiger partial charge in [0, 0.05) is 5.02 Å². The SMILES string of the molecule is CCOc1c(O)n(C(C(=O)Nc2cc(S(=O)(=O)NC)ccc2Oc2ccccc2C2CCCCC2)c2nc3ccc(Cl)cc3c(=O)n2C(F)(F)F)c(=O)n1Cc1ccccc1. The van der Waals surface area contributed by atoms with Crippen molar-refractivity contribution in [1.29, 1.82) is 0 Å². The average Bonchev–Trinajstić information content (AvgIpc) is 3.46. The number of ether oxygens (including phenoxy) is 2. The number of alkyl halides is 3. The average molecular weight is 881 g/mol. The highest BCUT2D eigenvalue weighted by Gasteiger charge is 2.43. The van der Waals surface area contributed by atoms with E-state index >= 15 is 13.2 Å². The third-order valence-corrected chi connectivity index (χ3v) is 12.0. The number of anilines is 1. The third-order valence-electron chi connectivity index (χ3n) is 10.4. The van der Waals surface area contributed by atoms with Crippen LogP contribution in [0.25, 0.3) is 10.9 Å². The van der Waals surface area contributed by atoms with Crippen molar-refractivity contribution in [2.45, 2.75) is 68.7 Å². The molecule has 0 bridgehead atoms. The number of benzene rings is 4. The highest BCUT2D eigenvalue weighted by molar-refractivity contribution is 7.89. The van der Waals surface area contributed by atoms with E-state index in [2.05, 4.69) is 15.0 Å². The monoisotopic (exact) mass is 880 g/mol. The van der Waals surface area contributed by atoms with Crippen LogP contribution in [0.3, 0.4) is 0 Å². The van der Waals surface area contributed by atoms with Gasteiger partial charge < -0.3 is 19.9 Å². The van der Waals surface area contributed by atoms with Crippen LogP contribution in [0.2, 0.25) is 5.02 Å². The first kappa shape index (κ1) is 43.0. The van der Waals surface area contributed by atoms with E-state index in [1.54, 1.807) is 42.5 Å². The molecule has 0 saturated heterocycles. The number of sulfonamides is 1. The minimum Gasteiger partial charge on any atom is -0.491 e. The quantitative estimate of drug-likeness (QED) is 0.105.